The molecule has 0 aromatic rings. The molecule has 3 heteroatoms. The molecule has 0 saturated heterocycles. The molecule has 0 fully saturated rings. The smallest absolute Gasteiger partial charge is 0.422 e. The first kappa shape index (κ1) is 18.6. The molecule has 0 amide bonds. The van der Waals surface area contributed by atoms with Gasteiger partial charge in [0.25, 0.3) is 0 Å². The Bertz CT molecular complexity index is 544. The van der Waals surface area contributed by atoms with Crippen molar-refractivity contribution in [3.8, 4) is 0 Å². The SMILES string of the molecule is CC(C)(C)C1(OC(=O)OC2(C(C)(C)C)C=CC=CC2)C=CC=CC1. The highest BCUT2D eigenvalue weighted by Crippen LogP contribution is 2.43. The zero-order valence-corrected chi connectivity index (χ0v) is 15.8. The maximum absolute atomic E-state index is 12.7. The average molecular weight is 330 g/mol. The number of carbonyl (C=O) groups excluding carboxylic acids is 1. The lowest BCUT2D eigenvalue weighted by Gasteiger charge is -2.45. The summed E-state index contributed by atoms with van der Waals surface area (Å²) in [6, 6.07) is 0. The number of allylic oxidation sites excluding steroid dienone is 4. The van der Waals surface area contributed by atoms with Crippen LogP contribution >= 0.6 is 0 Å². The third-order valence-electron chi connectivity index (χ3n) is 5.14. The lowest BCUT2D eigenvalue weighted by atomic mass is 9.72. The number of ether oxygens (including phenoxy) is 2. The molecule has 132 valence electrons. The molecule has 0 aromatic carbocycles. The van der Waals surface area contributed by atoms with Crippen LogP contribution < -0.4 is 0 Å². The van der Waals surface area contributed by atoms with E-state index in [0.29, 0.717) is 12.8 Å². The maximum atomic E-state index is 12.7. The number of carbonyl (C=O) groups is 1. The highest BCUT2D eigenvalue weighted by molar-refractivity contribution is 5.63. The molecule has 2 rings (SSSR count). The summed E-state index contributed by atoms with van der Waals surface area (Å²) in [5.41, 5.74) is -1.84. The fourth-order valence-electron chi connectivity index (χ4n) is 3.09. The first-order chi connectivity index (χ1) is 11.0. The second kappa shape index (κ2) is 6.27. The lowest BCUT2D eigenvalue weighted by Crippen LogP contribution is -2.50. The van der Waals surface area contributed by atoms with Crippen LogP contribution in [0.15, 0.2) is 48.6 Å². The Hall–Kier alpha value is -1.77. The molecular formula is C21H30O3. The van der Waals surface area contributed by atoms with E-state index < -0.39 is 17.4 Å². The molecule has 0 bridgehead atoms. The highest BCUT2D eigenvalue weighted by Gasteiger charge is 2.48. The van der Waals surface area contributed by atoms with E-state index in [9.17, 15) is 4.79 Å². The Balaban J connectivity index is 2.22. The average Bonchev–Trinajstić information content (AvgIpc) is 2.46. The predicted octanol–water partition coefficient (Wildman–Crippen LogP) is 5.74. The molecule has 0 spiro atoms. The number of hydrogen-bond acceptors (Lipinski definition) is 3. The van der Waals surface area contributed by atoms with E-state index in [1.54, 1.807) is 0 Å². The quantitative estimate of drug-likeness (QED) is 0.605. The zero-order chi connectivity index (χ0) is 18.1. The van der Waals surface area contributed by atoms with Gasteiger partial charge >= 0.3 is 6.16 Å². The van der Waals surface area contributed by atoms with Crippen LogP contribution in [-0.2, 0) is 9.47 Å². The topological polar surface area (TPSA) is 35.5 Å². The van der Waals surface area contributed by atoms with Crippen LogP contribution in [0.2, 0.25) is 0 Å². The van der Waals surface area contributed by atoms with Gasteiger partial charge in [0.2, 0.25) is 0 Å². The van der Waals surface area contributed by atoms with Crippen LogP contribution in [0.25, 0.3) is 0 Å². The Kier molecular flexibility index (Phi) is 4.85. The van der Waals surface area contributed by atoms with Crippen molar-refractivity contribution in [3.05, 3.63) is 48.6 Å². The Morgan fingerprint density at radius 1 is 0.750 bits per heavy atom. The van der Waals surface area contributed by atoms with Crippen molar-refractivity contribution < 1.29 is 14.3 Å². The number of hydrogen-bond donors (Lipinski definition) is 0. The number of rotatable bonds is 2. The lowest BCUT2D eigenvalue weighted by molar-refractivity contribution is -0.110. The van der Waals surface area contributed by atoms with E-state index in [-0.39, 0.29) is 10.8 Å². The van der Waals surface area contributed by atoms with Crippen molar-refractivity contribution >= 4 is 6.16 Å². The van der Waals surface area contributed by atoms with E-state index in [4.69, 9.17) is 9.47 Å². The minimum atomic E-state index is -0.688. The van der Waals surface area contributed by atoms with Crippen LogP contribution in [-0.4, -0.2) is 17.4 Å². The molecule has 0 aliphatic heterocycles. The van der Waals surface area contributed by atoms with Gasteiger partial charge in [-0.15, -0.1) is 0 Å². The predicted molar refractivity (Wildman–Crippen MR) is 97.7 cm³/mol. The first-order valence-corrected chi connectivity index (χ1v) is 8.62. The standard InChI is InChI=1S/C21H30O3/c1-18(2,3)20(13-9-7-10-14-20)23-17(22)24-21(19(4,5)6)15-11-8-12-16-21/h7-13,15H,14,16H2,1-6H3. The molecule has 0 radical (unpaired) electrons. The molecule has 0 saturated carbocycles. The third kappa shape index (κ3) is 3.50. The van der Waals surface area contributed by atoms with Gasteiger partial charge in [0.1, 0.15) is 11.2 Å². The zero-order valence-electron chi connectivity index (χ0n) is 15.8. The summed E-state index contributed by atoms with van der Waals surface area (Å²) in [5.74, 6) is 0. The Labute approximate surface area is 146 Å². The molecular weight excluding hydrogens is 300 g/mol. The summed E-state index contributed by atoms with van der Waals surface area (Å²) in [4.78, 5) is 12.7. The van der Waals surface area contributed by atoms with Gasteiger partial charge < -0.3 is 9.47 Å². The fourth-order valence-corrected chi connectivity index (χ4v) is 3.09. The summed E-state index contributed by atoms with van der Waals surface area (Å²) in [5, 5.41) is 0. The summed E-state index contributed by atoms with van der Waals surface area (Å²) in [7, 11) is 0. The molecule has 3 nitrogen and oxygen atoms in total. The van der Waals surface area contributed by atoms with Gasteiger partial charge in [-0.3, -0.25) is 0 Å². The summed E-state index contributed by atoms with van der Waals surface area (Å²) in [6.45, 7) is 12.5. The third-order valence-corrected chi connectivity index (χ3v) is 5.14. The van der Waals surface area contributed by atoms with E-state index >= 15 is 0 Å². The molecule has 2 atom stereocenters. The van der Waals surface area contributed by atoms with Crippen LogP contribution in [0.5, 0.6) is 0 Å². The van der Waals surface area contributed by atoms with Gasteiger partial charge in [0.15, 0.2) is 0 Å². The summed E-state index contributed by atoms with van der Waals surface area (Å²) in [6.07, 6.45) is 16.5. The van der Waals surface area contributed by atoms with E-state index in [2.05, 4.69) is 41.5 Å². The molecule has 0 heterocycles. The van der Waals surface area contributed by atoms with Crippen LogP contribution in [0, 0.1) is 10.8 Å². The van der Waals surface area contributed by atoms with Crippen molar-refractivity contribution in [1.82, 2.24) is 0 Å². The van der Waals surface area contributed by atoms with E-state index in [0.717, 1.165) is 0 Å². The van der Waals surface area contributed by atoms with Crippen molar-refractivity contribution in [1.29, 1.82) is 0 Å². The van der Waals surface area contributed by atoms with Gasteiger partial charge in [-0.1, -0.05) is 78.0 Å². The van der Waals surface area contributed by atoms with E-state index in [1.807, 2.05) is 48.6 Å². The van der Waals surface area contributed by atoms with Crippen molar-refractivity contribution in [3.63, 3.8) is 0 Å². The second-order valence-electron chi connectivity index (χ2n) is 8.72. The second-order valence-corrected chi connectivity index (χ2v) is 8.72. The van der Waals surface area contributed by atoms with Crippen LogP contribution in [0.3, 0.4) is 0 Å². The minimum Gasteiger partial charge on any atom is -0.422 e. The molecule has 0 aromatic heterocycles. The molecule has 2 aliphatic rings. The Morgan fingerprint density at radius 2 is 1.12 bits per heavy atom. The normalized spacial score (nSPS) is 29.6. The monoisotopic (exact) mass is 330 g/mol. The molecule has 2 aliphatic carbocycles. The van der Waals surface area contributed by atoms with Gasteiger partial charge in [-0.05, 0) is 12.2 Å². The molecule has 2 unspecified atom stereocenters. The Morgan fingerprint density at radius 3 is 1.38 bits per heavy atom. The van der Waals surface area contributed by atoms with Gasteiger partial charge in [-0.2, -0.15) is 0 Å². The maximum Gasteiger partial charge on any atom is 0.510 e. The molecule has 24 heavy (non-hydrogen) atoms. The summed E-state index contributed by atoms with van der Waals surface area (Å²) >= 11 is 0. The first-order valence-electron chi connectivity index (χ1n) is 8.62. The minimum absolute atomic E-state index is 0.232. The van der Waals surface area contributed by atoms with Gasteiger partial charge in [-0.25, -0.2) is 4.79 Å². The van der Waals surface area contributed by atoms with Gasteiger partial charge in [0, 0.05) is 23.7 Å². The van der Waals surface area contributed by atoms with Crippen molar-refractivity contribution in [2.45, 2.75) is 65.6 Å². The van der Waals surface area contributed by atoms with Crippen molar-refractivity contribution in [2.24, 2.45) is 10.8 Å². The van der Waals surface area contributed by atoms with E-state index in [1.165, 1.54) is 0 Å². The summed E-state index contributed by atoms with van der Waals surface area (Å²) < 4.78 is 11.8. The highest BCUT2D eigenvalue weighted by atomic mass is 16.7. The van der Waals surface area contributed by atoms with Crippen molar-refractivity contribution in [2.75, 3.05) is 0 Å². The van der Waals surface area contributed by atoms with Crippen LogP contribution in [0.4, 0.5) is 4.79 Å². The molecule has 0 N–H and O–H groups in total. The largest absolute Gasteiger partial charge is 0.510 e. The van der Waals surface area contributed by atoms with Gasteiger partial charge in [0.05, 0.1) is 0 Å². The van der Waals surface area contributed by atoms with Crippen LogP contribution in [0.1, 0.15) is 54.4 Å². The fraction of sp³-hybridized carbons (Fsp3) is 0.571.